The molecule has 0 spiro atoms. The van der Waals surface area contributed by atoms with E-state index in [0.29, 0.717) is 13.1 Å². The highest BCUT2D eigenvalue weighted by Crippen LogP contribution is 2.28. The van der Waals surface area contributed by atoms with E-state index in [1.165, 1.54) is 15.3 Å². The second-order valence-corrected chi connectivity index (χ2v) is 8.53. The molecule has 7 heteroatoms. The largest absolute Gasteiger partial charge is 0.311 e. The zero-order chi connectivity index (χ0) is 15.3. The van der Waals surface area contributed by atoms with Gasteiger partial charge in [-0.15, -0.1) is 11.3 Å². The third-order valence-electron chi connectivity index (χ3n) is 2.76. The van der Waals surface area contributed by atoms with Crippen LogP contribution in [-0.2, 0) is 16.6 Å². The van der Waals surface area contributed by atoms with Crippen LogP contribution in [0.2, 0.25) is 0 Å². The van der Waals surface area contributed by atoms with Crippen LogP contribution < -0.4 is 10.0 Å². The topological polar surface area (TPSA) is 58.2 Å². The van der Waals surface area contributed by atoms with E-state index in [2.05, 4.69) is 50.2 Å². The van der Waals surface area contributed by atoms with Crippen molar-refractivity contribution < 1.29 is 8.42 Å². The Bertz CT molecular complexity index is 681. The average Bonchev–Trinajstić information content (AvgIpc) is 2.87. The van der Waals surface area contributed by atoms with Crippen LogP contribution in [0.5, 0.6) is 0 Å². The first-order valence-corrected chi connectivity index (χ1v) is 9.94. The predicted molar refractivity (Wildman–Crippen MR) is 92.0 cm³/mol. The van der Waals surface area contributed by atoms with Crippen molar-refractivity contribution in [2.24, 2.45) is 0 Å². The minimum atomic E-state index is -3.10. The molecule has 1 aromatic carbocycles. The molecular weight excluding hydrogens is 372 g/mol. The maximum atomic E-state index is 10.9. The van der Waals surface area contributed by atoms with Crippen LogP contribution >= 0.6 is 27.3 Å². The number of halogens is 1. The molecule has 2 aromatic rings. The van der Waals surface area contributed by atoms with Gasteiger partial charge in [0.25, 0.3) is 0 Å². The summed E-state index contributed by atoms with van der Waals surface area (Å²) in [5.41, 5.74) is 1.20. The highest BCUT2D eigenvalue weighted by atomic mass is 79.9. The molecule has 0 aliphatic heterocycles. The molecule has 0 radical (unpaired) electrons. The fraction of sp³-hybridized carbons (Fsp3) is 0.286. The number of thiophene rings is 1. The van der Waals surface area contributed by atoms with E-state index in [9.17, 15) is 8.42 Å². The molecule has 2 rings (SSSR count). The maximum Gasteiger partial charge on any atom is 0.208 e. The summed E-state index contributed by atoms with van der Waals surface area (Å²) in [6.07, 6.45) is 1.16. The smallest absolute Gasteiger partial charge is 0.208 e. The second-order valence-electron chi connectivity index (χ2n) is 4.62. The van der Waals surface area contributed by atoms with Crippen LogP contribution in [0.1, 0.15) is 4.88 Å². The van der Waals surface area contributed by atoms with Crippen LogP contribution in [0, 0.1) is 0 Å². The highest BCUT2D eigenvalue weighted by molar-refractivity contribution is 9.10. The predicted octanol–water partition coefficient (Wildman–Crippen LogP) is 2.82. The summed E-state index contributed by atoms with van der Waals surface area (Å²) >= 11 is 5.17. The Hall–Kier alpha value is -0.730. The van der Waals surface area contributed by atoms with E-state index in [4.69, 9.17) is 0 Å². The van der Waals surface area contributed by atoms with Crippen molar-refractivity contribution in [3.8, 4) is 10.4 Å². The standard InChI is InChI=1S/C14H17BrN2O2S2/c1-21(18,19)17-9-8-16-10-13-6-7-14(20-13)11-2-4-12(15)5-3-11/h2-7,16-17H,8-10H2,1H3. The minimum absolute atomic E-state index is 0.407. The lowest BCUT2D eigenvalue weighted by atomic mass is 10.2. The van der Waals surface area contributed by atoms with Gasteiger partial charge in [0.2, 0.25) is 10.0 Å². The summed E-state index contributed by atoms with van der Waals surface area (Å²) in [4.78, 5) is 2.46. The summed E-state index contributed by atoms with van der Waals surface area (Å²) in [6.45, 7) is 1.76. The van der Waals surface area contributed by atoms with E-state index in [-0.39, 0.29) is 0 Å². The Kier molecular flexibility index (Phi) is 5.95. The zero-order valence-electron chi connectivity index (χ0n) is 11.6. The zero-order valence-corrected chi connectivity index (χ0v) is 14.8. The molecule has 0 fully saturated rings. The molecule has 0 bridgehead atoms. The molecule has 4 nitrogen and oxygen atoms in total. The molecule has 0 amide bonds. The van der Waals surface area contributed by atoms with Crippen molar-refractivity contribution in [1.29, 1.82) is 0 Å². The van der Waals surface area contributed by atoms with Crippen LogP contribution in [0.4, 0.5) is 0 Å². The van der Waals surface area contributed by atoms with Crippen LogP contribution in [-0.4, -0.2) is 27.8 Å². The number of hydrogen-bond acceptors (Lipinski definition) is 4. The first kappa shape index (κ1) is 16.6. The Balaban J connectivity index is 1.82. The van der Waals surface area contributed by atoms with Gasteiger partial charge in [0, 0.05) is 33.9 Å². The molecule has 2 N–H and O–H groups in total. The molecule has 0 unspecified atom stereocenters. The Morgan fingerprint density at radius 1 is 1.10 bits per heavy atom. The summed E-state index contributed by atoms with van der Waals surface area (Å²) in [5, 5.41) is 3.22. The van der Waals surface area contributed by atoms with Crippen molar-refractivity contribution in [1.82, 2.24) is 10.0 Å². The Morgan fingerprint density at radius 3 is 2.48 bits per heavy atom. The molecule has 0 saturated carbocycles. The van der Waals surface area contributed by atoms with E-state index >= 15 is 0 Å². The molecule has 21 heavy (non-hydrogen) atoms. The molecule has 0 saturated heterocycles. The Morgan fingerprint density at radius 2 is 1.81 bits per heavy atom. The monoisotopic (exact) mass is 388 g/mol. The maximum absolute atomic E-state index is 10.9. The average molecular weight is 389 g/mol. The van der Waals surface area contributed by atoms with Gasteiger partial charge in [-0.2, -0.15) is 0 Å². The van der Waals surface area contributed by atoms with Crippen LogP contribution in [0.3, 0.4) is 0 Å². The van der Waals surface area contributed by atoms with Gasteiger partial charge >= 0.3 is 0 Å². The summed E-state index contributed by atoms with van der Waals surface area (Å²) < 4.78 is 25.3. The van der Waals surface area contributed by atoms with Gasteiger partial charge in [-0.05, 0) is 29.8 Å². The molecule has 1 heterocycles. The number of benzene rings is 1. The lowest BCUT2D eigenvalue weighted by Crippen LogP contribution is -2.30. The van der Waals surface area contributed by atoms with Crippen molar-refractivity contribution in [2.45, 2.75) is 6.54 Å². The van der Waals surface area contributed by atoms with E-state index < -0.39 is 10.0 Å². The fourth-order valence-corrected chi connectivity index (χ4v) is 3.50. The molecular formula is C14H17BrN2O2S2. The quantitative estimate of drug-likeness (QED) is 0.716. The summed E-state index contributed by atoms with van der Waals surface area (Å²) in [6, 6.07) is 12.4. The normalized spacial score (nSPS) is 11.7. The van der Waals surface area contributed by atoms with Crippen molar-refractivity contribution >= 4 is 37.3 Å². The van der Waals surface area contributed by atoms with Gasteiger partial charge in [0.15, 0.2) is 0 Å². The minimum Gasteiger partial charge on any atom is -0.311 e. The molecule has 0 atom stereocenters. The lowest BCUT2D eigenvalue weighted by molar-refractivity contribution is 0.582. The lowest BCUT2D eigenvalue weighted by Gasteiger charge is -2.03. The second kappa shape index (κ2) is 7.51. The van der Waals surface area contributed by atoms with Gasteiger partial charge in [-0.3, -0.25) is 0 Å². The summed E-state index contributed by atoms with van der Waals surface area (Å²) in [7, 11) is -3.10. The van der Waals surface area contributed by atoms with E-state index in [1.54, 1.807) is 11.3 Å². The molecule has 0 aliphatic carbocycles. The van der Waals surface area contributed by atoms with Crippen LogP contribution in [0.15, 0.2) is 40.9 Å². The van der Waals surface area contributed by atoms with E-state index in [1.807, 2.05) is 12.1 Å². The number of nitrogens with one attached hydrogen (secondary N) is 2. The number of sulfonamides is 1. The van der Waals surface area contributed by atoms with Gasteiger partial charge in [-0.1, -0.05) is 28.1 Å². The van der Waals surface area contributed by atoms with Gasteiger partial charge in [0.1, 0.15) is 0 Å². The SMILES string of the molecule is CS(=O)(=O)NCCNCc1ccc(-c2ccc(Br)cc2)s1. The van der Waals surface area contributed by atoms with Crippen molar-refractivity contribution in [3.05, 3.63) is 45.7 Å². The fourth-order valence-electron chi connectivity index (χ4n) is 1.78. The molecule has 1 aromatic heterocycles. The van der Waals surface area contributed by atoms with Crippen molar-refractivity contribution in [3.63, 3.8) is 0 Å². The van der Waals surface area contributed by atoms with Gasteiger partial charge < -0.3 is 5.32 Å². The summed E-state index contributed by atoms with van der Waals surface area (Å²) in [5.74, 6) is 0. The third kappa shape index (κ3) is 5.88. The van der Waals surface area contributed by atoms with Crippen LogP contribution in [0.25, 0.3) is 10.4 Å². The molecule has 114 valence electrons. The highest BCUT2D eigenvalue weighted by Gasteiger charge is 2.03. The number of hydrogen-bond donors (Lipinski definition) is 2. The number of rotatable bonds is 7. The Labute approximate surface area is 137 Å². The first-order chi connectivity index (χ1) is 9.94. The first-order valence-electron chi connectivity index (χ1n) is 6.44. The van der Waals surface area contributed by atoms with Gasteiger partial charge in [-0.25, -0.2) is 13.1 Å². The molecule has 0 aliphatic rings. The third-order valence-corrected chi connectivity index (χ3v) is 5.15. The van der Waals surface area contributed by atoms with Gasteiger partial charge in [0.05, 0.1) is 6.26 Å². The van der Waals surface area contributed by atoms with Crippen molar-refractivity contribution in [2.75, 3.05) is 19.3 Å². The van der Waals surface area contributed by atoms with E-state index in [0.717, 1.165) is 17.3 Å².